The summed E-state index contributed by atoms with van der Waals surface area (Å²) in [6.45, 7) is 1.73. The Hall–Kier alpha value is -2.86. The SMILES string of the molecule is O=C(NCCc1ccc(Cl)cc1)c1ccc(CN2CC(=O)N3CCCCC3C2=O)cc1. The number of hydrogen-bond acceptors (Lipinski definition) is 3. The van der Waals surface area contributed by atoms with Crippen molar-refractivity contribution < 1.29 is 14.4 Å². The lowest BCUT2D eigenvalue weighted by Crippen LogP contribution is -2.60. The molecule has 1 unspecified atom stereocenters. The van der Waals surface area contributed by atoms with E-state index in [2.05, 4.69) is 5.32 Å². The van der Waals surface area contributed by atoms with E-state index in [9.17, 15) is 14.4 Å². The van der Waals surface area contributed by atoms with E-state index >= 15 is 0 Å². The van der Waals surface area contributed by atoms with Crippen molar-refractivity contribution in [2.75, 3.05) is 19.6 Å². The van der Waals surface area contributed by atoms with Gasteiger partial charge in [-0.1, -0.05) is 35.9 Å². The third-order valence-electron chi connectivity index (χ3n) is 5.95. The van der Waals surface area contributed by atoms with Crippen LogP contribution in [0.5, 0.6) is 0 Å². The first kappa shape index (κ1) is 21.4. The van der Waals surface area contributed by atoms with Gasteiger partial charge < -0.3 is 15.1 Å². The molecule has 0 spiro atoms. The van der Waals surface area contributed by atoms with Crippen LogP contribution in [-0.2, 0) is 22.6 Å². The van der Waals surface area contributed by atoms with E-state index in [1.54, 1.807) is 21.9 Å². The fourth-order valence-electron chi connectivity index (χ4n) is 4.22. The number of nitrogens with zero attached hydrogens (tertiary/aromatic N) is 2. The number of amides is 3. The number of carbonyl (C=O) groups excluding carboxylic acids is 3. The van der Waals surface area contributed by atoms with Gasteiger partial charge in [0, 0.05) is 30.2 Å². The summed E-state index contributed by atoms with van der Waals surface area (Å²) >= 11 is 5.89. The van der Waals surface area contributed by atoms with Crippen molar-refractivity contribution in [1.82, 2.24) is 15.1 Å². The van der Waals surface area contributed by atoms with Gasteiger partial charge in [0.05, 0.1) is 0 Å². The first-order valence-electron chi connectivity index (χ1n) is 10.7. The highest BCUT2D eigenvalue weighted by Gasteiger charge is 2.40. The Morgan fingerprint density at radius 3 is 2.45 bits per heavy atom. The van der Waals surface area contributed by atoms with Gasteiger partial charge in [-0.2, -0.15) is 0 Å². The van der Waals surface area contributed by atoms with E-state index in [0.29, 0.717) is 30.2 Å². The van der Waals surface area contributed by atoms with Crippen LogP contribution in [0.2, 0.25) is 5.02 Å². The third-order valence-corrected chi connectivity index (χ3v) is 6.20. The fourth-order valence-corrected chi connectivity index (χ4v) is 4.34. The van der Waals surface area contributed by atoms with Gasteiger partial charge in [0.15, 0.2) is 0 Å². The Bertz CT molecular complexity index is 959. The van der Waals surface area contributed by atoms with Crippen LogP contribution in [-0.4, -0.2) is 53.2 Å². The maximum Gasteiger partial charge on any atom is 0.251 e. The number of nitrogens with one attached hydrogen (secondary N) is 1. The van der Waals surface area contributed by atoms with E-state index in [1.807, 2.05) is 36.4 Å². The van der Waals surface area contributed by atoms with Gasteiger partial charge in [-0.05, 0) is 61.1 Å². The van der Waals surface area contributed by atoms with E-state index in [1.165, 1.54) is 0 Å². The van der Waals surface area contributed by atoms with Crippen molar-refractivity contribution in [3.8, 4) is 0 Å². The van der Waals surface area contributed by atoms with E-state index < -0.39 is 0 Å². The minimum Gasteiger partial charge on any atom is -0.352 e. The number of benzene rings is 2. The largest absolute Gasteiger partial charge is 0.352 e. The molecule has 0 radical (unpaired) electrons. The van der Waals surface area contributed by atoms with Crippen LogP contribution >= 0.6 is 11.6 Å². The number of piperidine rings is 1. The molecule has 2 aromatic rings. The zero-order chi connectivity index (χ0) is 21.8. The van der Waals surface area contributed by atoms with Crippen LogP contribution in [0.25, 0.3) is 0 Å². The Morgan fingerprint density at radius 2 is 1.71 bits per heavy atom. The predicted octanol–water partition coefficient (Wildman–Crippen LogP) is 3.04. The lowest BCUT2D eigenvalue weighted by Gasteiger charge is -2.42. The quantitative estimate of drug-likeness (QED) is 0.752. The van der Waals surface area contributed by atoms with Crippen molar-refractivity contribution in [2.45, 2.75) is 38.3 Å². The maximum atomic E-state index is 12.8. The smallest absolute Gasteiger partial charge is 0.251 e. The van der Waals surface area contributed by atoms with Crippen LogP contribution in [0.4, 0.5) is 0 Å². The fraction of sp³-hybridized carbons (Fsp3) is 0.375. The molecule has 2 aliphatic heterocycles. The summed E-state index contributed by atoms with van der Waals surface area (Å²) in [5, 5.41) is 3.61. The molecule has 0 bridgehead atoms. The first-order chi connectivity index (χ1) is 15.0. The van der Waals surface area contributed by atoms with Crippen molar-refractivity contribution >= 4 is 29.3 Å². The minimum atomic E-state index is -0.305. The molecule has 2 saturated heterocycles. The van der Waals surface area contributed by atoms with Gasteiger partial charge in [0.2, 0.25) is 11.8 Å². The zero-order valence-corrected chi connectivity index (χ0v) is 18.1. The molecule has 0 saturated carbocycles. The average molecular weight is 440 g/mol. The molecule has 0 aromatic heterocycles. The topological polar surface area (TPSA) is 69.7 Å². The molecule has 31 heavy (non-hydrogen) atoms. The van der Waals surface area contributed by atoms with Crippen molar-refractivity contribution in [3.05, 3.63) is 70.2 Å². The molecular formula is C24H26ClN3O3. The number of rotatable bonds is 6. The van der Waals surface area contributed by atoms with Crippen LogP contribution in [0.1, 0.15) is 40.7 Å². The molecule has 1 N–H and O–H groups in total. The standard InChI is InChI=1S/C24H26ClN3O3/c25-20-10-6-17(7-11-20)12-13-26-23(30)19-8-4-18(5-9-19)15-27-16-22(29)28-14-2-1-3-21(28)24(27)31/h4-11,21H,1-3,12-16H2,(H,26,30). The second-order valence-corrected chi connectivity index (χ2v) is 8.56. The zero-order valence-electron chi connectivity index (χ0n) is 17.4. The molecule has 7 heteroatoms. The third kappa shape index (κ3) is 5.07. The second-order valence-electron chi connectivity index (χ2n) is 8.12. The van der Waals surface area contributed by atoms with Gasteiger partial charge >= 0.3 is 0 Å². The molecular weight excluding hydrogens is 414 g/mol. The summed E-state index contributed by atoms with van der Waals surface area (Å²) in [6, 6.07) is 14.5. The Labute approximate surface area is 187 Å². The second kappa shape index (κ2) is 9.52. The molecule has 162 valence electrons. The molecule has 1 atom stereocenters. The summed E-state index contributed by atoms with van der Waals surface area (Å²) in [7, 11) is 0. The van der Waals surface area contributed by atoms with Crippen LogP contribution in [0.3, 0.4) is 0 Å². The minimum absolute atomic E-state index is 0.0287. The van der Waals surface area contributed by atoms with Crippen LogP contribution in [0, 0.1) is 0 Å². The van der Waals surface area contributed by atoms with Crippen molar-refractivity contribution in [3.63, 3.8) is 0 Å². The summed E-state index contributed by atoms with van der Waals surface area (Å²) in [6.07, 6.45) is 3.43. The van der Waals surface area contributed by atoms with Crippen LogP contribution < -0.4 is 5.32 Å². The van der Waals surface area contributed by atoms with Crippen molar-refractivity contribution in [2.24, 2.45) is 0 Å². The summed E-state index contributed by atoms with van der Waals surface area (Å²) in [5.74, 6) is -0.0770. The van der Waals surface area contributed by atoms with Crippen LogP contribution in [0.15, 0.2) is 48.5 Å². The Kier molecular flexibility index (Phi) is 6.56. The number of fused-ring (bicyclic) bond motifs is 1. The Morgan fingerprint density at radius 1 is 1.00 bits per heavy atom. The normalized spacial score (nSPS) is 18.7. The van der Waals surface area contributed by atoms with Gasteiger partial charge in [-0.15, -0.1) is 0 Å². The first-order valence-corrected chi connectivity index (χ1v) is 11.1. The van der Waals surface area contributed by atoms with E-state index in [0.717, 1.165) is 36.8 Å². The van der Waals surface area contributed by atoms with E-state index in [-0.39, 0.29) is 30.3 Å². The van der Waals surface area contributed by atoms with Gasteiger partial charge in [-0.25, -0.2) is 0 Å². The summed E-state index contributed by atoms with van der Waals surface area (Å²) in [5.41, 5.74) is 2.58. The molecule has 4 rings (SSSR count). The van der Waals surface area contributed by atoms with Gasteiger partial charge in [0.1, 0.15) is 12.6 Å². The molecule has 2 aromatic carbocycles. The van der Waals surface area contributed by atoms with Gasteiger partial charge in [-0.3, -0.25) is 14.4 Å². The summed E-state index contributed by atoms with van der Waals surface area (Å²) in [4.78, 5) is 41.0. The average Bonchev–Trinajstić information content (AvgIpc) is 2.79. The molecule has 0 aliphatic carbocycles. The number of carbonyl (C=O) groups is 3. The molecule has 2 fully saturated rings. The molecule has 2 heterocycles. The number of hydrogen-bond donors (Lipinski definition) is 1. The Balaban J connectivity index is 1.30. The summed E-state index contributed by atoms with van der Waals surface area (Å²) < 4.78 is 0. The number of halogens is 1. The molecule has 6 nitrogen and oxygen atoms in total. The van der Waals surface area contributed by atoms with Crippen molar-refractivity contribution in [1.29, 1.82) is 0 Å². The monoisotopic (exact) mass is 439 g/mol. The number of piperazine rings is 1. The lowest BCUT2D eigenvalue weighted by atomic mass is 9.98. The predicted molar refractivity (Wildman–Crippen MR) is 119 cm³/mol. The highest BCUT2D eigenvalue weighted by Crippen LogP contribution is 2.24. The van der Waals surface area contributed by atoms with E-state index in [4.69, 9.17) is 11.6 Å². The molecule has 3 amide bonds. The maximum absolute atomic E-state index is 12.8. The van der Waals surface area contributed by atoms with Gasteiger partial charge in [0.25, 0.3) is 5.91 Å². The highest BCUT2D eigenvalue weighted by molar-refractivity contribution is 6.30. The lowest BCUT2D eigenvalue weighted by molar-refractivity contribution is -0.158. The molecule has 2 aliphatic rings. The highest BCUT2D eigenvalue weighted by atomic mass is 35.5.